The predicted octanol–water partition coefficient (Wildman–Crippen LogP) is 1.55. The Labute approximate surface area is 102 Å². The molecule has 0 aliphatic heterocycles. The Kier molecular flexibility index (Phi) is 6.16. The van der Waals surface area contributed by atoms with Gasteiger partial charge in [0.2, 0.25) is 0 Å². The van der Waals surface area contributed by atoms with Crippen LogP contribution in [-0.2, 0) is 14.3 Å². The molecule has 2 atom stereocenters. The number of carboxylic acid groups (broad SMARTS) is 1. The van der Waals surface area contributed by atoms with Crippen molar-refractivity contribution in [1.82, 2.24) is 0 Å². The average Bonchev–Trinajstić information content (AvgIpc) is 2.15. The topological polar surface area (TPSA) is 89.6 Å². The molecule has 0 aromatic heterocycles. The van der Waals surface area contributed by atoms with Gasteiger partial charge in [0.05, 0.1) is 5.92 Å². The summed E-state index contributed by atoms with van der Waals surface area (Å²) < 4.78 is 5.19. The number of ether oxygens (including phenoxy) is 1. The molecule has 0 bridgehead atoms. The number of carboxylic acids is 1. The van der Waals surface area contributed by atoms with E-state index in [1.54, 1.807) is 20.8 Å². The molecule has 0 rings (SSSR count). The number of aliphatic carboxylic acids is 1. The van der Waals surface area contributed by atoms with Gasteiger partial charge in [-0.05, 0) is 27.2 Å². The van der Waals surface area contributed by atoms with E-state index in [0.29, 0.717) is 6.42 Å². The van der Waals surface area contributed by atoms with Crippen molar-refractivity contribution in [1.29, 1.82) is 0 Å². The molecule has 100 valence electrons. The molecule has 0 aromatic carbocycles. The number of carbonyl (C=O) groups is 2. The third kappa shape index (κ3) is 6.26. The number of unbranched alkanes of at least 4 members (excludes halogenated alkanes) is 1. The summed E-state index contributed by atoms with van der Waals surface area (Å²) in [7, 11) is 0. The van der Waals surface area contributed by atoms with Crippen LogP contribution in [0, 0.1) is 5.92 Å². The average molecular weight is 245 g/mol. The molecule has 0 aliphatic rings. The van der Waals surface area contributed by atoms with Gasteiger partial charge in [-0.25, -0.2) is 0 Å². The zero-order chi connectivity index (χ0) is 13.6. The van der Waals surface area contributed by atoms with Crippen LogP contribution < -0.4 is 5.73 Å². The van der Waals surface area contributed by atoms with Crippen molar-refractivity contribution in [3.8, 4) is 0 Å². The Balaban J connectivity index is 4.67. The minimum atomic E-state index is -1.20. The highest BCUT2D eigenvalue weighted by molar-refractivity contribution is 5.83. The van der Waals surface area contributed by atoms with E-state index >= 15 is 0 Å². The summed E-state index contributed by atoms with van der Waals surface area (Å²) in [6.45, 7) is 7.20. The fourth-order valence-corrected chi connectivity index (χ4v) is 1.42. The molecule has 0 aliphatic carbocycles. The highest BCUT2D eigenvalue weighted by Crippen LogP contribution is 2.18. The van der Waals surface area contributed by atoms with E-state index in [1.807, 2.05) is 6.92 Å². The Hall–Kier alpha value is -1.10. The molecule has 0 spiro atoms. The lowest BCUT2D eigenvalue weighted by atomic mass is 9.94. The largest absolute Gasteiger partial charge is 0.480 e. The standard InChI is InChI=1S/C12H23NO4/c1-5-6-7-8(9(13)10(14)15)11(16)17-12(2,3)4/h8-9H,5-7,13H2,1-4H3,(H,14,15)/t8-,9+/m0/s1. The molecule has 3 N–H and O–H groups in total. The first-order valence-electron chi connectivity index (χ1n) is 5.90. The van der Waals surface area contributed by atoms with Crippen LogP contribution >= 0.6 is 0 Å². The normalized spacial score (nSPS) is 15.1. The maximum atomic E-state index is 11.8. The number of rotatable bonds is 6. The summed E-state index contributed by atoms with van der Waals surface area (Å²) in [5.41, 5.74) is 4.90. The second kappa shape index (κ2) is 6.59. The number of hydrogen-bond donors (Lipinski definition) is 2. The second-order valence-electron chi connectivity index (χ2n) is 5.15. The van der Waals surface area contributed by atoms with Crippen LogP contribution in [0.3, 0.4) is 0 Å². The molecular weight excluding hydrogens is 222 g/mol. The second-order valence-corrected chi connectivity index (χ2v) is 5.15. The smallest absolute Gasteiger partial charge is 0.321 e. The van der Waals surface area contributed by atoms with Gasteiger partial charge in [0.1, 0.15) is 11.6 Å². The molecule has 5 heteroatoms. The van der Waals surface area contributed by atoms with Crippen molar-refractivity contribution >= 4 is 11.9 Å². The lowest BCUT2D eigenvalue weighted by molar-refractivity contribution is -0.164. The molecular formula is C12H23NO4. The molecule has 0 fully saturated rings. The van der Waals surface area contributed by atoms with Gasteiger partial charge >= 0.3 is 11.9 Å². The minimum absolute atomic E-state index is 0.443. The van der Waals surface area contributed by atoms with Crippen molar-refractivity contribution in [2.75, 3.05) is 0 Å². The minimum Gasteiger partial charge on any atom is -0.480 e. The lowest BCUT2D eigenvalue weighted by Crippen LogP contribution is -2.44. The van der Waals surface area contributed by atoms with E-state index in [2.05, 4.69) is 0 Å². The highest BCUT2D eigenvalue weighted by Gasteiger charge is 2.33. The lowest BCUT2D eigenvalue weighted by Gasteiger charge is -2.25. The maximum absolute atomic E-state index is 11.8. The van der Waals surface area contributed by atoms with Crippen LogP contribution in [0.4, 0.5) is 0 Å². The van der Waals surface area contributed by atoms with Crippen molar-refractivity contribution in [3.63, 3.8) is 0 Å². The summed E-state index contributed by atoms with van der Waals surface area (Å²) in [5, 5.41) is 8.87. The fourth-order valence-electron chi connectivity index (χ4n) is 1.42. The molecule has 5 nitrogen and oxygen atoms in total. The maximum Gasteiger partial charge on any atom is 0.321 e. The molecule has 0 unspecified atom stereocenters. The molecule has 0 aromatic rings. The number of nitrogens with two attached hydrogens (primary N) is 1. The zero-order valence-corrected chi connectivity index (χ0v) is 11.0. The van der Waals surface area contributed by atoms with Gasteiger partial charge in [-0.3, -0.25) is 9.59 Å². The first-order chi connectivity index (χ1) is 7.69. The third-order valence-electron chi connectivity index (χ3n) is 2.30. The van der Waals surface area contributed by atoms with E-state index in [1.165, 1.54) is 0 Å². The van der Waals surface area contributed by atoms with Crippen LogP contribution in [0.1, 0.15) is 47.0 Å². The van der Waals surface area contributed by atoms with E-state index in [9.17, 15) is 9.59 Å². The Morgan fingerprint density at radius 1 is 1.35 bits per heavy atom. The Bertz CT molecular complexity index is 270. The SMILES string of the molecule is CCCC[C@H](C(=O)OC(C)(C)C)[C@@H](N)C(=O)O. The van der Waals surface area contributed by atoms with Crippen LogP contribution in [0.25, 0.3) is 0 Å². The summed E-state index contributed by atoms with van der Waals surface area (Å²) in [4.78, 5) is 22.7. The van der Waals surface area contributed by atoms with Crippen molar-refractivity contribution in [2.24, 2.45) is 11.7 Å². The van der Waals surface area contributed by atoms with Gasteiger partial charge in [-0.15, -0.1) is 0 Å². The molecule has 0 saturated carbocycles. The Morgan fingerprint density at radius 2 is 1.88 bits per heavy atom. The van der Waals surface area contributed by atoms with Crippen molar-refractivity contribution < 1.29 is 19.4 Å². The molecule has 17 heavy (non-hydrogen) atoms. The molecule has 0 saturated heterocycles. The van der Waals surface area contributed by atoms with Crippen LogP contribution in [0.2, 0.25) is 0 Å². The Morgan fingerprint density at radius 3 is 2.24 bits per heavy atom. The summed E-state index contributed by atoms with van der Waals surface area (Å²) in [6, 6.07) is -1.20. The van der Waals surface area contributed by atoms with Crippen LogP contribution in [0.5, 0.6) is 0 Å². The van der Waals surface area contributed by atoms with E-state index < -0.39 is 29.5 Å². The number of esters is 1. The summed E-state index contributed by atoms with van der Waals surface area (Å²) in [6.07, 6.45) is 2.08. The number of hydrogen-bond acceptors (Lipinski definition) is 4. The van der Waals surface area contributed by atoms with Gasteiger partial charge in [0, 0.05) is 0 Å². The van der Waals surface area contributed by atoms with Gasteiger partial charge in [0.15, 0.2) is 0 Å². The van der Waals surface area contributed by atoms with E-state index in [-0.39, 0.29) is 0 Å². The monoisotopic (exact) mass is 245 g/mol. The summed E-state index contributed by atoms with van der Waals surface area (Å²) in [5.74, 6) is -2.47. The first kappa shape index (κ1) is 15.9. The molecule has 0 heterocycles. The highest BCUT2D eigenvalue weighted by atomic mass is 16.6. The van der Waals surface area contributed by atoms with Gasteiger partial charge in [0.25, 0.3) is 0 Å². The quantitative estimate of drug-likeness (QED) is 0.693. The zero-order valence-electron chi connectivity index (χ0n) is 11.0. The van der Waals surface area contributed by atoms with E-state index in [0.717, 1.165) is 12.8 Å². The van der Waals surface area contributed by atoms with Crippen molar-refractivity contribution in [2.45, 2.75) is 58.6 Å². The predicted molar refractivity (Wildman–Crippen MR) is 64.5 cm³/mol. The van der Waals surface area contributed by atoms with E-state index in [4.69, 9.17) is 15.6 Å². The van der Waals surface area contributed by atoms with Gasteiger partial charge < -0.3 is 15.6 Å². The van der Waals surface area contributed by atoms with Crippen LogP contribution in [-0.4, -0.2) is 28.7 Å². The third-order valence-corrected chi connectivity index (χ3v) is 2.30. The molecule has 0 amide bonds. The van der Waals surface area contributed by atoms with Crippen molar-refractivity contribution in [3.05, 3.63) is 0 Å². The van der Waals surface area contributed by atoms with Crippen LogP contribution in [0.15, 0.2) is 0 Å². The molecule has 0 radical (unpaired) electrons. The van der Waals surface area contributed by atoms with Gasteiger partial charge in [-0.2, -0.15) is 0 Å². The van der Waals surface area contributed by atoms with Gasteiger partial charge in [-0.1, -0.05) is 19.8 Å². The number of carbonyl (C=O) groups excluding carboxylic acids is 1. The fraction of sp³-hybridized carbons (Fsp3) is 0.833. The summed E-state index contributed by atoms with van der Waals surface area (Å²) >= 11 is 0. The first-order valence-corrected chi connectivity index (χ1v) is 5.90.